The third-order valence-electron chi connectivity index (χ3n) is 3.91. The molecule has 2 aromatic rings. The van der Waals surface area contributed by atoms with Crippen LogP contribution in [0, 0.1) is 22.7 Å². The van der Waals surface area contributed by atoms with Crippen molar-refractivity contribution in [3.05, 3.63) is 59.2 Å². The Morgan fingerprint density at radius 2 is 1.96 bits per heavy atom. The molecule has 0 aliphatic rings. The van der Waals surface area contributed by atoms with Crippen molar-refractivity contribution in [1.29, 1.82) is 10.5 Å². The monoisotopic (exact) mass is 375 g/mol. The van der Waals surface area contributed by atoms with Crippen LogP contribution in [0.5, 0.6) is 11.5 Å². The van der Waals surface area contributed by atoms with E-state index >= 15 is 0 Å². The zero-order valence-corrected chi connectivity index (χ0v) is 15.9. The Kier molecular flexibility index (Phi) is 7.63. The maximum absolute atomic E-state index is 12.4. The van der Waals surface area contributed by atoms with E-state index in [9.17, 15) is 10.1 Å². The van der Waals surface area contributed by atoms with Crippen molar-refractivity contribution in [3.63, 3.8) is 0 Å². The average molecular weight is 375 g/mol. The normalized spacial score (nSPS) is 10.5. The Labute approximate surface area is 164 Å². The van der Waals surface area contributed by atoms with E-state index in [2.05, 4.69) is 12.2 Å². The summed E-state index contributed by atoms with van der Waals surface area (Å²) in [6.07, 6.45) is 3.43. The number of hydrogen-bond acceptors (Lipinski definition) is 5. The van der Waals surface area contributed by atoms with Gasteiger partial charge in [-0.15, -0.1) is 0 Å². The number of unbranched alkanes of at least 4 members (excludes halogenated alkanes) is 1. The number of hydrogen-bond donors (Lipinski definition) is 1. The zero-order chi connectivity index (χ0) is 20.4. The Bertz CT molecular complexity index is 952. The number of nitrogens with one attached hydrogen (secondary N) is 1. The molecule has 2 rings (SSSR count). The van der Waals surface area contributed by atoms with Crippen molar-refractivity contribution >= 4 is 17.7 Å². The van der Waals surface area contributed by atoms with Gasteiger partial charge in [0.05, 0.1) is 25.0 Å². The van der Waals surface area contributed by atoms with Gasteiger partial charge >= 0.3 is 0 Å². The van der Waals surface area contributed by atoms with E-state index in [0.717, 1.165) is 12.8 Å². The predicted octanol–water partition coefficient (Wildman–Crippen LogP) is 4.29. The molecular weight excluding hydrogens is 354 g/mol. The molecule has 0 saturated heterocycles. The van der Waals surface area contributed by atoms with Gasteiger partial charge in [0.2, 0.25) is 0 Å². The highest BCUT2D eigenvalue weighted by Gasteiger charge is 2.13. The smallest absolute Gasteiger partial charge is 0.266 e. The molecule has 0 radical (unpaired) electrons. The minimum Gasteiger partial charge on any atom is -0.493 e. The first-order valence-electron chi connectivity index (χ1n) is 8.86. The Morgan fingerprint density at radius 1 is 1.18 bits per heavy atom. The lowest BCUT2D eigenvalue weighted by atomic mass is 10.1. The first-order chi connectivity index (χ1) is 13.6. The third kappa shape index (κ3) is 5.36. The molecule has 1 amide bonds. The van der Waals surface area contributed by atoms with Gasteiger partial charge in [-0.05, 0) is 42.3 Å². The maximum Gasteiger partial charge on any atom is 0.266 e. The molecule has 0 unspecified atom stereocenters. The Hall–Kier alpha value is -3.77. The fourth-order valence-corrected chi connectivity index (χ4v) is 2.41. The molecule has 28 heavy (non-hydrogen) atoms. The molecule has 0 atom stereocenters. The highest BCUT2D eigenvalue weighted by atomic mass is 16.5. The highest BCUT2D eigenvalue weighted by Crippen LogP contribution is 2.29. The van der Waals surface area contributed by atoms with Gasteiger partial charge in [-0.1, -0.05) is 31.5 Å². The number of carbonyl (C=O) groups excluding carboxylic acids is 1. The summed E-state index contributed by atoms with van der Waals surface area (Å²) in [5.74, 6) is 0.545. The van der Waals surface area contributed by atoms with Crippen LogP contribution in [-0.4, -0.2) is 19.6 Å². The predicted molar refractivity (Wildman–Crippen MR) is 107 cm³/mol. The standard InChI is InChI=1S/C22H21N3O3/c1-3-4-11-28-20-10-9-16(13-21(20)27-2)12-18(15-24)22(26)25-19-8-6-5-7-17(19)14-23/h5-10,12-13H,3-4,11H2,1-2H3,(H,25,26)/b18-12+. The van der Waals surface area contributed by atoms with Crippen LogP contribution in [0.3, 0.4) is 0 Å². The van der Waals surface area contributed by atoms with Crippen LogP contribution in [0.25, 0.3) is 6.08 Å². The molecule has 0 heterocycles. The summed E-state index contributed by atoms with van der Waals surface area (Å²) in [6.45, 7) is 2.67. The summed E-state index contributed by atoms with van der Waals surface area (Å²) in [5.41, 5.74) is 1.21. The number of rotatable bonds is 8. The van der Waals surface area contributed by atoms with Gasteiger partial charge < -0.3 is 14.8 Å². The summed E-state index contributed by atoms with van der Waals surface area (Å²) < 4.78 is 11.0. The second kappa shape index (κ2) is 10.4. The number of anilines is 1. The summed E-state index contributed by atoms with van der Waals surface area (Å²) >= 11 is 0. The van der Waals surface area contributed by atoms with Crippen LogP contribution in [0.1, 0.15) is 30.9 Å². The van der Waals surface area contributed by atoms with E-state index in [1.54, 1.807) is 42.5 Å². The van der Waals surface area contributed by atoms with Crippen molar-refractivity contribution in [2.24, 2.45) is 0 Å². The molecule has 0 aromatic heterocycles. The number of methoxy groups -OCH3 is 1. The third-order valence-corrected chi connectivity index (χ3v) is 3.91. The fraction of sp³-hybridized carbons (Fsp3) is 0.227. The molecule has 6 heteroatoms. The molecule has 142 valence electrons. The summed E-state index contributed by atoms with van der Waals surface area (Å²) in [4.78, 5) is 12.4. The first kappa shape index (κ1) is 20.5. The SMILES string of the molecule is CCCCOc1ccc(/C=C(\C#N)C(=O)Nc2ccccc2C#N)cc1OC. The number of para-hydroxylation sites is 1. The second-order valence-corrected chi connectivity index (χ2v) is 5.89. The van der Waals surface area contributed by atoms with Crippen LogP contribution in [0.2, 0.25) is 0 Å². The molecule has 0 spiro atoms. The van der Waals surface area contributed by atoms with Gasteiger partial charge in [0.25, 0.3) is 5.91 Å². The van der Waals surface area contributed by atoms with E-state index < -0.39 is 5.91 Å². The van der Waals surface area contributed by atoms with Crippen LogP contribution in [0.15, 0.2) is 48.0 Å². The number of nitrogens with zero attached hydrogens (tertiary/aromatic N) is 2. The van der Waals surface area contributed by atoms with Crippen molar-refractivity contribution in [1.82, 2.24) is 0 Å². The summed E-state index contributed by atoms with van der Waals surface area (Å²) in [7, 11) is 1.53. The molecule has 2 aromatic carbocycles. The molecule has 0 aliphatic carbocycles. The van der Waals surface area contributed by atoms with Crippen LogP contribution < -0.4 is 14.8 Å². The van der Waals surface area contributed by atoms with Gasteiger partial charge in [0.15, 0.2) is 11.5 Å². The number of carbonyl (C=O) groups is 1. The fourth-order valence-electron chi connectivity index (χ4n) is 2.41. The largest absolute Gasteiger partial charge is 0.493 e. The van der Waals surface area contributed by atoms with E-state index in [1.807, 2.05) is 12.1 Å². The topological polar surface area (TPSA) is 95.1 Å². The van der Waals surface area contributed by atoms with Crippen molar-refractivity contribution in [2.75, 3.05) is 19.0 Å². The molecule has 0 aliphatic heterocycles. The van der Waals surface area contributed by atoms with Crippen molar-refractivity contribution in [3.8, 4) is 23.6 Å². The number of nitriles is 2. The van der Waals surface area contributed by atoms with Crippen molar-refractivity contribution < 1.29 is 14.3 Å². The summed E-state index contributed by atoms with van der Waals surface area (Å²) in [5, 5.41) is 21.1. The average Bonchev–Trinajstić information content (AvgIpc) is 2.73. The lowest BCUT2D eigenvalue weighted by molar-refractivity contribution is -0.112. The van der Waals surface area contributed by atoms with Gasteiger partial charge in [-0.25, -0.2) is 0 Å². The number of amides is 1. The van der Waals surface area contributed by atoms with Crippen LogP contribution in [-0.2, 0) is 4.79 Å². The van der Waals surface area contributed by atoms with Gasteiger partial charge in [0, 0.05) is 0 Å². The van der Waals surface area contributed by atoms with Gasteiger partial charge in [0.1, 0.15) is 17.7 Å². The molecule has 0 fully saturated rings. The number of benzene rings is 2. The van der Waals surface area contributed by atoms with Gasteiger partial charge in [-0.2, -0.15) is 10.5 Å². The Balaban J connectivity index is 2.22. The van der Waals surface area contributed by atoms with Crippen molar-refractivity contribution in [2.45, 2.75) is 19.8 Å². The number of ether oxygens (including phenoxy) is 2. The van der Waals surface area contributed by atoms with E-state index in [4.69, 9.17) is 14.7 Å². The maximum atomic E-state index is 12.4. The summed E-state index contributed by atoms with van der Waals surface area (Å²) in [6, 6.07) is 15.7. The van der Waals surface area contributed by atoms with E-state index in [-0.39, 0.29) is 5.57 Å². The van der Waals surface area contributed by atoms with Crippen LogP contribution >= 0.6 is 0 Å². The van der Waals surface area contributed by atoms with E-state index in [0.29, 0.717) is 34.9 Å². The van der Waals surface area contributed by atoms with Crippen LogP contribution in [0.4, 0.5) is 5.69 Å². The molecule has 6 nitrogen and oxygen atoms in total. The second-order valence-electron chi connectivity index (χ2n) is 5.89. The molecule has 0 saturated carbocycles. The quantitative estimate of drug-likeness (QED) is 0.422. The minimum absolute atomic E-state index is 0.0885. The Morgan fingerprint density at radius 3 is 2.64 bits per heavy atom. The molecule has 1 N–H and O–H groups in total. The van der Waals surface area contributed by atoms with Gasteiger partial charge in [-0.3, -0.25) is 4.79 Å². The van der Waals surface area contributed by atoms with E-state index in [1.165, 1.54) is 13.2 Å². The lowest BCUT2D eigenvalue weighted by Gasteiger charge is -2.11. The lowest BCUT2D eigenvalue weighted by Crippen LogP contribution is -2.14. The molecular formula is C22H21N3O3. The first-order valence-corrected chi connectivity index (χ1v) is 8.86. The zero-order valence-electron chi connectivity index (χ0n) is 15.9. The molecule has 0 bridgehead atoms. The highest BCUT2D eigenvalue weighted by molar-refractivity contribution is 6.10. The minimum atomic E-state index is -0.590.